The summed E-state index contributed by atoms with van der Waals surface area (Å²) in [6.45, 7) is 6.55. The highest BCUT2D eigenvalue weighted by molar-refractivity contribution is 5.53. The highest BCUT2D eigenvalue weighted by Crippen LogP contribution is 2.66. The van der Waals surface area contributed by atoms with E-state index in [9.17, 15) is 0 Å². The SMILES string of the molecule is C[C@]12CC[C@@H]3c4ccc(N5CCCCC5)cc4CC[C@H]3[C@@H]1CCC21OCCO1. The minimum absolute atomic E-state index is 0.218. The van der Waals surface area contributed by atoms with Crippen LogP contribution in [0.5, 0.6) is 0 Å². The first-order chi connectivity index (χ1) is 13.7. The summed E-state index contributed by atoms with van der Waals surface area (Å²) in [7, 11) is 0. The van der Waals surface area contributed by atoms with Crippen LogP contribution in [0.4, 0.5) is 5.69 Å². The second-order valence-corrected chi connectivity index (χ2v) is 10.3. The molecule has 2 saturated carbocycles. The van der Waals surface area contributed by atoms with E-state index in [4.69, 9.17) is 9.47 Å². The molecule has 0 N–H and O–H groups in total. The summed E-state index contributed by atoms with van der Waals surface area (Å²) in [6, 6.07) is 7.48. The number of anilines is 1. The lowest BCUT2D eigenvalue weighted by atomic mass is 9.55. The van der Waals surface area contributed by atoms with Crippen molar-refractivity contribution in [2.24, 2.45) is 17.3 Å². The molecule has 4 fully saturated rings. The van der Waals surface area contributed by atoms with Crippen LogP contribution in [0.1, 0.15) is 75.3 Å². The number of piperidine rings is 1. The number of nitrogens with zero attached hydrogens (tertiary/aromatic N) is 1. The maximum atomic E-state index is 6.28. The predicted octanol–water partition coefficient (Wildman–Crippen LogP) is 5.28. The fourth-order valence-corrected chi connectivity index (χ4v) is 7.80. The molecule has 3 aliphatic carbocycles. The van der Waals surface area contributed by atoms with Crippen LogP contribution >= 0.6 is 0 Å². The van der Waals surface area contributed by atoms with Gasteiger partial charge in [-0.1, -0.05) is 13.0 Å². The van der Waals surface area contributed by atoms with E-state index in [1.165, 1.54) is 70.1 Å². The topological polar surface area (TPSA) is 21.7 Å². The van der Waals surface area contributed by atoms with Gasteiger partial charge in [-0.25, -0.2) is 0 Å². The van der Waals surface area contributed by atoms with Gasteiger partial charge in [0.25, 0.3) is 0 Å². The lowest BCUT2D eigenvalue weighted by Gasteiger charge is -2.52. The van der Waals surface area contributed by atoms with Gasteiger partial charge in [0.15, 0.2) is 5.79 Å². The Balaban J connectivity index is 1.28. The monoisotopic (exact) mass is 381 g/mol. The summed E-state index contributed by atoms with van der Waals surface area (Å²) in [5, 5.41) is 0. The Morgan fingerprint density at radius 1 is 0.964 bits per heavy atom. The van der Waals surface area contributed by atoms with Crippen molar-refractivity contribution in [3.8, 4) is 0 Å². The molecular weight excluding hydrogens is 346 g/mol. The number of ether oxygens (including phenoxy) is 2. The number of hydrogen-bond acceptors (Lipinski definition) is 3. The van der Waals surface area contributed by atoms with Crippen molar-refractivity contribution >= 4 is 5.69 Å². The van der Waals surface area contributed by atoms with Crippen molar-refractivity contribution in [3.63, 3.8) is 0 Å². The maximum absolute atomic E-state index is 6.28. The van der Waals surface area contributed by atoms with Gasteiger partial charge in [-0.05, 0) is 92.4 Å². The zero-order valence-electron chi connectivity index (χ0n) is 17.4. The average Bonchev–Trinajstić information content (AvgIpc) is 3.34. The quantitative estimate of drug-likeness (QED) is 0.661. The van der Waals surface area contributed by atoms with Gasteiger partial charge in [-0.15, -0.1) is 0 Å². The average molecular weight is 382 g/mol. The standard InChI is InChI=1S/C25H35NO2/c1-24-11-9-21-20-8-6-19(26-13-3-2-4-14-26)17-18(20)5-7-22(21)23(24)10-12-25(24)27-15-16-28-25/h6,8,17,21-23H,2-5,7,9-16H2,1H3/t21-,22-,23+,24+/m1/s1. The lowest BCUT2D eigenvalue weighted by Crippen LogP contribution is -2.51. The molecule has 0 aromatic heterocycles. The molecule has 0 unspecified atom stereocenters. The van der Waals surface area contributed by atoms with E-state index in [1.54, 1.807) is 11.1 Å². The number of fused-ring (bicyclic) bond motifs is 6. The molecule has 2 aliphatic heterocycles. The first-order valence-electron chi connectivity index (χ1n) is 11.9. The zero-order chi connectivity index (χ0) is 18.8. The van der Waals surface area contributed by atoms with Gasteiger partial charge in [-0.2, -0.15) is 0 Å². The summed E-state index contributed by atoms with van der Waals surface area (Å²) in [5.41, 5.74) is 5.02. The largest absolute Gasteiger partial charge is 0.372 e. The van der Waals surface area contributed by atoms with E-state index < -0.39 is 0 Å². The maximum Gasteiger partial charge on any atom is 0.174 e. The molecule has 1 spiro atoms. The molecule has 6 rings (SSSR count). The zero-order valence-corrected chi connectivity index (χ0v) is 17.4. The van der Waals surface area contributed by atoms with Crippen LogP contribution in [-0.2, 0) is 15.9 Å². The summed E-state index contributed by atoms with van der Waals surface area (Å²) in [4.78, 5) is 2.61. The molecule has 0 bridgehead atoms. The fraction of sp³-hybridized carbons (Fsp3) is 0.760. The lowest BCUT2D eigenvalue weighted by molar-refractivity contribution is -0.237. The van der Waals surface area contributed by atoms with Crippen LogP contribution < -0.4 is 4.90 Å². The minimum Gasteiger partial charge on any atom is -0.372 e. The van der Waals surface area contributed by atoms with Crippen LogP contribution in [0.2, 0.25) is 0 Å². The summed E-state index contributed by atoms with van der Waals surface area (Å²) in [6.07, 6.45) is 11.7. The molecule has 152 valence electrons. The highest BCUT2D eigenvalue weighted by Gasteiger charge is 2.64. The molecule has 28 heavy (non-hydrogen) atoms. The van der Waals surface area contributed by atoms with Crippen molar-refractivity contribution in [1.82, 2.24) is 0 Å². The summed E-state index contributed by atoms with van der Waals surface area (Å²) < 4.78 is 12.6. The van der Waals surface area contributed by atoms with Crippen molar-refractivity contribution < 1.29 is 9.47 Å². The number of rotatable bonds is 1. The predicted molar refractivity (Wildman–Crippen MR) is 112 cm³/mol. The second kappa shape index (κ2) is 6.47. The number of hydrogen-bond donors (Lipinski definition) is 0. The first-order valence-corrected chi connectivity index (χ1v) is 11.9. The second-order valence-electron chi connectivity index (χ2n) is 10.3. The van der Waals surface area contributed by atoms with Crippen molar-refractivity contribution in [2.45, 2.75) is 76.4 Å². The van der Waals surface area contributed by atoms with Gasteiger partial charge in [0.1, 0.15) is 0 Å². The van der Waals surface area contributed by atoms with Crippen molar-refractivity contribution in [2.75, 3.05) is 31.2 Å². The normalized spacial score (nSPS) is 38.9. The Morgan fingerprint density at radius 2 is 1.79 bits per heavy atom. The highest BCUT2D eigenvalue weighted by atomic mass is 16.7. The van der Waals surface area contributed by atoms with E-state index in [0.717, 1.165) is 37.4 Å². The molecule has 0 amide bonds. The van der Waals surface area contributed by atoms with Gasteiger partial charge < -0.3 is 14.4 Å². The van der Waals surface area contributed by atoms with Gasteiger partial charge in [-0.3, -0.25) is 0 Å². The van der Waals surface area contributed by atoms with Gasteiger partial charge >= 0.3 is 0 Å². The third kappa shape index (κ3) is 2.41. The molecular formula is C25H35NO2. The molecule has 2 saturated heterocycles. The van der Waals surface area contributed by atoms with Crippen molar-refractivity contribution in [3.05, 3.63) is 29.3 Å². The first kappa shape index (κ1) is 17.8. The molecule has 3 nitrogen and oxygen atoms in total. The molecule has 2 heterocycles. The van der Waals surface area contributed by atoms with Gasteiger partial charge in [0, 0.05) is 30.6 Å². The Morgan fingerprint density at radius 3 is 2.61 bits per heavy atom. The van der Waals surface area contributed by atoms with E-state index in [1.807, 2.05) is 0 Å². The summed E-state index contributed by atoms with van der Waals surface area (Å²) >= 11 is 0. The molecule has 0 radical (unpaired) electrons. The third-order valence-corrected chi connectivity index (χ3v) is 9.23. The van der Waals surface area contributed by atoms with E-state index >= 15 is 0 Å². The van der Waals surface area contributed by atoms with E-state index in [-0.39, 0.29) is 11.2 Å². The molecule has 3 heteroatoms. The van der Waals surface area contributed by atoms with Crippen LogP contribution in [0.15, 0.2) is 18.2 Å². The minimum atomic E-state index is -0.263. The van der Waals surface area contributed by atoms with E-state index in [2.05, 4.69) is 30.0 Å². The Hall–Kier alpha value is -1.06. The number of benzene rings is 1. The molecule has 1 aromatic rings. The van der Waals surface area contributed by atoms with Crippen LogP contribution in [0.25, 0.3) is 0 Å². The van der Waals surface area contributed by atoms with Crippen LogP contribution in [-0.4, -0.2) is 32.1 Å². The molecule has 5 aliphatic rings. The smallest absolute Gasteiger partial charge is 0.174 e. The molecule has 1 aromatic carbocycles. The Labute approximate surface area is 169 Å². The number of aryl methyl sites for hydroxylation is 1. The Kier molecular flexibility index (Phi) is 4.11. The van der Waals surface area contributed by atoms with Crippen LogP contribution in [0.3, 0.4) is 0 Å². The van der Waals surface area contributed by atoms with Crippen molar-refractivity contribution in [1.29, 1.82) is 0 Å². The summed E-state index contributed by atoms with van der Waals surface area (Å²) in [5.74, 6) is 2.08. The fourth-order valence-electron chi connectivity index (χ4n) is 7.80. The Bertz CT molecular complexity index is 749. The molecule has 4 atom stereocenters. The van der Waals surface area contributed by atoms with Gasteiger partial charge in [0.05, 0.1) is 13.2 Å². The van der Waals surface area contributed by atoms with Gasteiger partial charge in [0.2, 0.25) is 0 Å². The van der Waals surface area contributed by atoms with E-state index in [0.29, 0.717) is 0 Å². The van der Waals surface area contributed by atoms with Crippen LogP contribution in [0, 0.1) is 17.3 Å². The third-order valence-electron chi connectivity index (χ3n) is 9.23.